The number of hydrogen-bond donors (Lipinski definition) is 0. The van der Waals surface area contributed by atoms with Crippen LogP contribution in [0.15, 0.2) is 48.5 Å². The molecule has 0 N–H and O–H groups in total. The summed E-state index contributed by atoms with van der Waals surface area (Å²) in [5.74, 6) is 1.30. The molecule has 0 aliphatic carbocycles. The average molecular weight is 425 g/mol. The van der Waals surface area contributed by atoms with Gasteiger partial charge in [0.1, 0.15) is 17.2 Å². The molecule has 31 heavy (non-hydrogen) atoms. The number of rotatable bonds is 8. The predicted molar refractivity (Wildman–Crippen MR) is 123 cm³/mol. The molecule has 0 aliphatic rings. The van der Waals surface area contributed by atoms with Crippen molar-refractivity contribution < 1.29 is 23.8 Å². The smallest absolute Gasteiger partial charge is 0.316 e. The third kappa shape index (κ3) is 7.59. The Kier molecular flexibility index (Phi) is 8.03. The molecule has 0 saturated heterocycles. The van der Waals surface area contributed by atoms with Crippen LogP contribution in [0, 0.1) is 5.41 Å². The number of hydrogen-bond acceptors (Lipinski definition) is 5. The van der Waals surface area contributed by atoms with Gasteiger partial charge in [0, 0.05) is 17.2 Å². The number of carbonyl (C=O) groups excluding carboxylic acids is 2. The molecule has 0 aromatic heterocycles. The van der Waals surface area contributed by atoms with Crippen molar-refractivity contribution in [3.8, 4) is 17.2 Å². The molecule has 0 heterocycles. The topological polar surface area (TPSA) is 61.8 Å². The van der Waals surface area contributed by atoms with Crippen molar-refractivity contribution in [3.63, 3.8) is 0 Å². The van der Waals surface area contributed by atoms with Gasteiger partial charge in [0.05, 0.1) is 17.6 Å². The molecule has 5 heteroatoms. The second-order valence-corrected chi connectivity index (χ2v) is 8.89. The Morgan fingerprint density at radius 2 is 1.42 bits per heavy atom. The maximum absolute atomic E-state index is 12.6. The molecule has 0 aliphatic heterocycles. The normalized spacial score (nSPS) is 11.8. The number of allylic oxidation sites excluding steroid dienone is 1. The second kappa shape index (κ2) is 10.3. The highest BCUT2D eigenvalue weighted by Gasteiger charge is 2.23. The standard InChI is InChI=1S/C26H32O5/c1-17(2)29-22-14-10-20(24(16-22)30-18(3)4)11-15-23(27)19-8-12-21(13-9-19)31-25(28)26(5,6)7/h8-18H,1-7H3. The second-order valence-electron chi connectivity index (χ2n) is 8.89. The van der Waals surface area contributed by atoms with Crippen molar-refractivity contribution in [3.05, 3.63) is 59.7 Å². The van der Waals surface area contributed by atoms with Crippen LogP contribution in [0.3, 0.4) is 0 Å². The number of esters is 1. The van der Waals surface area contributed by atoms with Gasteiger partial charge in [0.2, 0.25) is 0 Å². The summed E-state index contributed by atoms with van der Waals surface area (Å²) in [6, 6.07) is 12.1. The zero-order valence-electron chi connectivity index (χ0n) is 19.4. The largest absolute Gasteiger partial charge is 0.491 e. The fraction of sp³-hybridized carbons (Fsp3) is 0.385. The Morgan fingerprint density at radius 1 is 0.839 bits per heavy atom. The molecule has 166 valence electrons. The van der Waals surface area contributed by atoms with E-state index < -0.39 is 5.41 Å². The van der Waals surface area contributed by atoms with Gasteiger partial charge >= 0.3 is 5.97 Å². The van der Waals surface area contributed by atoms with E-state index >= 15 is 0 Å². The molecule has 0 fully saturated rings. The minimum atomic E-state index is -0.594. The fourth-order valence-electron chi connectivity index (χ4n) is 2.56. The Labute approximate surface area is 185 Å². The third-order valence-electron chi connectivity index (χ3n) is 4.10. The van der Waals surface area contributed by atoms with Gasteiger partial charge in [-0.15, -0.1) is 0 Å². The van der Waals surface area contributed by atoms with Crippen LogP contribution in [-0.4, -0.2) is 24.0 Å². The van der Waals surface area contributed by atoms with Gasteiger partial charge in [-0.05, 0) is 97.0 Å². The molecule has 0 radical (unpaired) electrons. The van der Waals surface area contributed by atoms with E-state index in [9.17, 15) is 9.59 Å². The van der Waals surface area contributed by atoms with E-state index in [-0.39, 0.29) is 24.0 Å². The molecule has 2 aromatic carbocycles. The molecule has 5 nitrogen and oxygen atoms in total. The van der Waals surface area contributed by atoms with E-state index in [4.69, 9.17) is 14.2 Å². The molecular weight excluding hydrogens is 392 g/mol. The lowest BCUT2D eigenvalue weighted by atomic mass is 9.97. The summed E-state index contributed by atoms with van der Waals surface area (Å²) in [6.45, 7) is 13.2. The summed E-state index contributed by atoms with van der Waals surface area (Å²) in [4.78, 5) is 24.6. The maximum atomic E-state index is 12.6. The third-order valence-corrected chi connectivity index (χ3v) is 4.10. The van der Waals surface area contributed by atoms with Crippen LogP contribution in [0.4, 0.5) is 0 Å². The van der Waals surface area contributed by atoms with Crippen molar-refractivity contribution in [2.45, 2.75) is 60.7 Å². The molecule has 0 bridgehead atoms. The van der Waals surface area contributed by atoms with E-state index in [0.29, 0.717) is 17.1 Å². The Bertz CT molecular complexity index is 931. The first-order valence-corrected chi connectivity index (χ1v) is 10.5. The van der Waals surface area contributed by atoms with Crippen LogP contribution in [0.25, 0.3) is 6.08 Å². The summed E-state index contributed by atoms with van der Waals surface area (Å²) >= 11 is 0. The van der Waals surface area contributed by atoms with Crippen molar-refractivity contribution in [1.82, 2.24) is 0 Å². The summed E-state index contributed by atoms with van der Waals surface area (Å²) in [7, 11) is 0. The number of benzene rings is 2. The number of ketones is 1. The Morgan fingerprint density at radius 3 is 1.97 bits per heavy atom. The zero-order chi connectivity index (χ0) is 23.2. The lowest BCUT2D eigenvalue weighted by molar-refractivity contribution is -0.143. The minimum Gasteiger partial charge on any atom is -0.491 e. The van der Waals surface area contributed by atoms with Crippen molar-refractivity contribution in [1.29, 1.82) is 0 Å². The van der Waals surface area contributed by atoms with Gasteiger partial charge in [-0.3, -0.25) is 9.59 Å². The highest BCUT2D eigenvalue weighted by Crippen LogP contribution is 2.28. The van der Waals surface area contributed by atoms with Gasteiger partial charge < -0.3 is 14.2 Å². The first kappa shape index (κ1) is 24.2. The highest BCUT2D eigenvalue weighted by molar-refractivity contribution is 6.07. The van der Waals surface area contributed by atoms with Gasteiger partial charge in [-0.2, -0.15) is 0 Å². The summed E-state index contributed by atoms with van der Waals surface area (Å²) in [6.07, 6.45) is 3.27. The highest BCUT2D eigenvalue weighted by atomic mass is 16.5. The van der Waals surface area contributed by atoms with Crippen molar-refractivity contribution >= 4 is 17.8 Å². The van der Waals surface area contributed by atoms with Crippen LogP contribution in [0.5, 0.6) is 17.2 Å². The van der Waals surface area contributed by atoms with Gasteiger partial charge in [0.25, 0.3) is 0 Å². The van der Waals surface area contributed by atoms with E-state index in [2.05, 4.69) is 0 Å². The Balaban J connectivity index is 2.15. The molecular formula is C26H32O5. The molecule has 0 atom stereocenters. The van der Waals surface area contributed by atoms with E-state index in [1.165, 1.54) is 6.08 Å². The molecule has 2 rings (SSSR count). The number of carbonyl (C=O) groups is 2. The van der Waals surface area contributed by atoms with E-state index in [1.54, 1.807) is 51.1 Å². The zero-order valence-corrected chi connectivity index (χ0v) is 19.4. The van der Waals surface area contributed by atoms with Crippen LogP contribution in [0.2, 0.25) is 0 Å². The molecule has 0 unspecified atom stereocenters. The van der Waals surface area contributed by atoms with Crippen LogP contribution in [0.1, 0.15) is 64.4 Å². The van der Waals surface area contributed by atoms with Crippen molar-refractivity contribution in [2.75, 3.05) is 0 Å². The monoisotopic (exact) mass is 424 g/mol. The lowest BCUT2D eigenvalue weighted by Crippen LogP contribution is -2.25. The molecule has 0 amide bonds. The minimum absolute atomic E-state index is 0.0134. The first-order valence-electron chi connectivity index (χ1n) is 10.5. The lowest BCUT2D eigenvalue weighted by Gasteiger charge is -2.16. The van der Waals surface area contributed by atoms with E-state index in [0.717, 1.165) is 11.3 Å². The SMILES string of the molecule is CC(C)Oc1ccc(C=CC(=O)c2ccc(OC(=O)C(C)(C)C)cc2)c(OC(C)C)c1. The quantitative estimate of drug-likeness (QED) is 0.221. The van der Waals surface area contributed by atoms with Crippen LogP contribution in [-0.2, 0) is 4.79 Å². The van der Waals surface area contributed by atoms with Crippen LogP contribution >= 0.6 is 0 Å². The summed E-state index contributed by atoms with van der Waals surface area (Å²) in [5, 5.41) is 0. The maximum Gasteiger partial charge on any atom is 0.316 e. The van der Waals surface area contributed by atoms with Crippen LogP contribution < -0.4 is 14.2 Å². The number of ether oxygens (including phenoxy) is 3. The summed E-state index contributed by atoms with van der Waals surface area (Å²) < 4.78 is 17.0. The van der Waals surface area contributed by atoms with E-state index in [1.807, 2.05) is 45.9 Å². The Hall–Kier alpha value is -3.08. The average Bonchev–Trinajstić information content (AvgIpc) is 2.66. The fourth-order valence-corrected chi connectivity index (χ4v) is 2.56. The molecule has 0 saturated carbocycles. The first-order chi connectivity index (χ1) is 14.5. The van der Waals surface area contributed by atoms with Gasteiger partial charge in [-0.1, -0.05) is 0 Å². The molecule has 0 spiro atoms. The van der Waals surface area contributed by atoms with Gasteiger partial charge in [-0.25, -0.2) is 0 Å². The van der Waals surface area contributed by atoms with Gasteiger partial charge in [0.15, 0.2) is 5.78 Å². The predicted octanol–water partition coefficient (Wildman–Crippen LogP) is 6.11. The summed E-state index contributed by atoms with van der Waals surface area (Å²) in [5.41, 5.74) is 0.690. The van der Waals surface area contributed by atoms with Crippen molar-refractivity contribution in [2.24, 2.45) is 5.41 Å². The molecule has 2 aromatic rings.